The average Bonchev–Trinajstić information content (AvgIpc) is 3.49. The standard InChI is InChI=1S/C24H36N6O2.HI/c1-25-24(28-19-7-6-12-30(16-19)20-15-27-29(2)17-20)26-14-18-10-11-22(31-3)13-23(18)32-21-8-4-5-9-21;/h10-11,13,15,17,19,21H,4-9,12,14,16H2,1-3H3,(H2,25,26,28);1H. The molecule has 2 heterocycles. The van der Waals surface area contributed by atoms with Crippen LogP contribution in [-0.4, -0.2) is 55.1 Å². The molecule has 8 nitrogen and oxygen atoms in total. The maximum absolute atomic E-state index is 6.34. The molecule has 1 aliphatic heterocycles. The van der Waals surface area contributed by atoms with Crippen molar-refractivity contribution in [1.82, 2.24) is 20.4 Å². The van der Waals surface area contributed by atoms with Gasteiger partial charge < -0.3 is 25.0 Å². The molecule has 9 heteroatoms. The van der Waals surface area contributed by atoms with Gasteiger partial charge in [-0.25, -0.2) is 0 Å². The topological polar surface area (TPSA) is 75.9 Å². The summed E-state index contributed by atoms with van der Waals surface area (Å²) in [7, 11) is 5.47. The normalized spacial score (nSPS) is 19.2. The number of nitrogens with zero attached hydrogens (tertiary/aromatic N) is 4. The second-order valence-corrected chi connectivity index (χ2v) is 8.73. The van der Waals surface area contributed by atoms with Crippen molar-refractivity contribution in [2.75, 3.05) is 32.1 Å². The van der Waals surface area contributed by atoms with Gasteiger partial charge in [-0.1, -0.05) is 0 Å². The van der Waals surface area contributed by atoms with Crippen LogP contribution < -0.4 is 25.0 Å². The largest absolute Gasteiger partial charge is 0.497 e. The zero-order valence-corrected chi connectivity index (χ0v) is 22.2. The Hall–Kier alpha value is -2.17. The number of nitrogens with one attached hydrogen (secondary N) is 2. The van der Waals surface area contributed by atoms with Gasteiger partial charge in [-0.3, -0.25) is 9.67 Å². The van der Waals surface area contributed by atoms with E-state index in [1.54, 1.807) is 7.11 Å². The molecule has 1 aromatic heterocycles. The van der Waals surface area contributed by atoms with Crippen molar-refractivity contribution in [2.45, 2.75) is 57.2 Å². The molecule has 1 saturated carbocycles. The highest BCUT2D eigenvalue weighted by atomic mass is 127. The first-order valence-corrected chi connectivity index (χ1v) is 11.7. The lowest BCUT2D eigenvalue weighted by molar-refractivity contribution is 0.207. The highest BCUT2D eigenvalue weighted by Gasteiger charge is 2.22. The van der Waals surface area contributed by atoms with Gasteiger partial charge in [0.15, 0.2) is 5.96 Å². The highest BCUT2D eigenvalue weighted by molar-refractivity contribution is 14.0. The zero-order valence-electron chi connectivity index (χ0n) is 19.9. The lowest BCUT2D eigenvalue weighted by atomic mass is 10.1. The molecule has 182 valence electrons. The average molecular weight is 569 g/mol. The molecule has 4 rings (SSSR count). The van der Waals surface area contributed by atoms with Gasteiger partial charge in [0.2, 0.25) is 0 Å². The Balaban J connectivity index is 0.00000306. The summed E-state index contributed by atoms with van der Waals surface area (Å²) in [6.45, 7) is 2.64. The Morgan fingerprint density at radius 2 is 2.03 bits per heavy atom. The summed E-state index contributed by atoms with van der Waals surface area (Å²) >= 11 is 0. The second-order valence-electron chi connectivity index (χ2n) is 8.73. The van der Waals surface area contributed by atoms with Gasteiger partial charge in [0, 0.05) is 57.6 Å². The first-order chi connectivity index (χ1) is 15.6. The summed E-state index contributed by atoms with van der Waals surface area (Å²) in [5.41, 5.74) is 2.29. The monoisotopic (exact) mass is 568 g/mol. The van der Waals surface area contributed by atoms with E-state index >= 15 is 0 Å². The van der Waals surface area contributed by atoms with E-state index in [9.17, 15) is 0 Å². The van der Waals surface area contributed by atoms with Crippen molar-refractivity contribution in [3.63, 3.8) is 0 Å². The van der Waals surface area contributed by atoms with E-state index in [0.29, 0.717) is 18.7 Å². The highest BCUT2D eigenvalue weighted by Crippen LogP contribution is 2.30. The van der Waals surface area contributed by atoms with Crippen LogP contribution in [-0.2, 0) is 13.6 Å². The van der Waals surface area contributed by atoms with E-state index in [1.165, 1.54) is 18.5 Å². The number of hydrogen-bond acceptors (Lipinski definition) is 5. The van der Waals surface area contributed by atoms with Gasteiger partial charge in [-0.2, -0.15) is 5.10 Å². The van der Waals surface area contributed by atoms with Crippen LogP contribution in [0.4, 0.5) is 5.69 Å². The smallest absolute Gasteiger partial charge is 0.191 e. The molecular formula is C24H37IN6O2. The van der Waals surface area contributed by atoms with Gasteiger partial charge in [0.25, 0.3) is 0 Å². The van der Waals surface area contributed by atoms with Crippen LogP contribution in [0.25, 0.3) is 0 Å². The molecule has 1 aromatic carbocycles. The minimum absolute atomic E-state index is 0. The Kier molecular flexibility index (Phi) is 9.52. The fourth-order valence-corrected chi connectivity index (χ4v) is 4.57. The number of halogens is 1. The minimum Gasteiger partial charge on any atom is -0.497 e. The van der Waals surface area contributed by atoms with Crippen molar-refractivity contribution in [3.05, 3.63) is 36.2 Å². The lowest BCUT2D eigenvalue weighted by Gasteiger charge is -2.34. The molecule has 2 fully saturated rings. The second kappa shape index (κ2) is 12.3. The predicted molar refractivity (Wildman–Crippen MR) is 143 cm³/mol. The molecule has 0 radical (unpaired) electrons. The van der Waals surface area contributed by atoms with Crippen LogP contribution in [0.3, 0.4) is 0 Å². The van der Waals surface area contributed by atoms with Crippen molar-refractivity contribution in [1.29, 1.82) is 0 Å². The first-order valence-electron chi connectivity index (χ1n) is 11.7. The van der Waals surface area contributed by atoms with Crippen LogP contribution in [0.15, 0.2) is 35.6 Å². The van der Waals surface area contributed by atoms with Gasteiger partial charge in [0.05, 0.1) is 25.1 Å². The fourth-order valence-electron chi connectivity index (χ4n) is 4.57. The number of aryl methyl sites for hydroxylation is 1. The van der Waals surface area contributed by atoms with Gasteiger partial charge in [0.1, 0.15) is 11.5 Å². The fraction of sp³-hybridized carbons (Fsp3) is 0.583. The molecular weight excluding hydrogens is 531 g/mol. The first kappa shape index (κ1) is 25.5. The molecule has 1 saturated heterocycles. The minimum atomic E-state index is 0. The third-order valence-electron chi connectivity index (χ3n) is 6.36. The number of aliphatic imine (C=N–C) groups is 1. The molecule has 1 atom stereocenters. The number of hydrogen-bond donors (Lipinski definition) is 2. The Morgan fingerprint density at radius 1 is 1.21 bits per heavy atom. The van der Waals surface area contributed by atoms with E-state index in [0.717, 1.165) is 61.8 Å². The summed E-state index contributed by atoms with van der Waals surface area (Å²) in [6.07, 6.45) is 11.3. The van der Waals surface area contributed by atoms with Crippen LogP contribution in [0.5, 0.6) is 11.5 Å². The van der Waals surface area contributed by atoms with E-state index in [-0.39, 0.29) is 24.0 Å². The third kappa shape index (κ3) is 6.91. The number of rotatable bonds is 7. The van der Waals surface area contributed by atoms with Crippen molar-refractivity contribution >= 4 is 35.6 Å². The van der Waals surface area contributed by atoms with E-state index in [4.69, 9.17) is 9.47 Å². The van der Waals surface area contributed by atoms with Crippen LogP contribution >= 0.6 is 24.0 Å². The molecule has 2 aromatic rings. The van der Waals surface area contributed by atoms with Crippen LogP contribution in [0.1, 0.15) is 44.1 Å². The number of benzene rings is 1. The Labute approximate surface area is 214 Å². The molecule has 2 N–H and O–H groups in total. The summed E-state index contributed by atoms with van der Waals surface area (Å²) in [6, 6.07) is 6.40. The van der Waals surface area contributed by atoms with Crippen molar-refractivity contribution < 1.29 is 9.47 Å². The van der Waals surface area contributed by atoms with E-state index in [2.05, 4.69) is 37.9 Å². The Bertz CT molecular complexity index is 912. The zero-order chi connectivity index (χ0) is 22.3. The number of methoxy groups -OCH3 is 1. The molecule has 0 bridgehead atoms. The summed E-state index contributed by atoms with van der Waals surface area (Å²) < 4.78 is 13.6. The van der Waals surface area contributed by atoms with Gasteiger partial charge in [-0.15, -0.1) is 24.0 Å². The summed E-state index contributed by atoms with van der Waals surface area (Å²) in [5.74, 6) is 2.53. The molecule has 2 aliphatic rings. The number of aromatic nitrogens is 2. The quantitative estimate of drug-likeness (QED) is 0.302. The number of anilines is 1. The summed E-state index contributed by atoms with van der Waals surface area (Å²) in [5, 5.41) is 11.4. The summed E-state index contributed by atoms with van der Waals surface area (Å²) in [4.78, 5) is 6.85. The van der Waals surface area contributed by atoms with Gasteiger partial charge >= 0.3 is 0 Å². The lowest BCUT2D eigenvalue weighted by Crippen LogP contribution is -2.51. The SMILES string of the molecule is CN=C(NCc1ccc(OC)cc1OC1CCCC1)NC1CCCN(c2cnn(C)c2)C1.I. The molecule has 0 amide bonds. The number of ether oxygens (including phenoxy) is 2. The van der Waals surface area contributed by atoms with E-state index in [1.807, 2.05) is 37.1 Å². The van der Waals surface area contributed by atoms with Crippen molar-refractivity contribution in [2.24, 2.45) is 12.0 Å². The van der Waals surface area contributed by atoms with Crippen LogP contribution in [0, 0.1) is 0 Å². The molecule has 1 aliphatic carbocycles. The number of guanidine groups is 1. The van der Waals surface area contributed by atoms with E-state index < -0.39 is 0 Å². The third-order valence-corrected chi connectivity index (χ3v) is 6.36. The maximum Gasteiger partial charge on any atom is 0.191 e. The molecule has 33 heavy (non-hydrogen) atoms. The van der Waals surface area contributed by atoms with Crippen LogP contribution in [0.2, 0.25) is 0 Å². The predicted octanol–water partition coefficient (Wildman–Crippen LogP) is 3.70. The maximum atomic E-state index is 6.34. The van der Waals surface area contributed by atoms with Crippen molar-refractivity contribution in [3.8, 4) is 11.5 Å². The molecule has 1 unspecified atom stereocenters. The van der Waals surface area contributed by atoms with Gasteiger partial charge in [-0.05, 0) is 50.7 Å². The Morgan fingerprint density at radius 3 is 2.73 bits per heavy atom. The molecule has 0 spiro atoms. The number of piperidine rings is 1.